The van der Waals surface area contributed by atoms with Crippen LogP contribution in [-0.4, -0.2) is 27.9 Å². The van der Waals surface area contributed by atoms with Crippen molar-refractivity contribution in [1.82, 2.24) is 9.66 Å². The Morgan fingerprint density at radius 2 is 1.84 bits per heavy atom. The normalized spacial score (nSPS) is 11.4. The summed E-state index contributed by atoms with van der Waals surface area (Å²) in [5.74, 6) is 1.44. The van der Waals surface area contributed by atoms with Crippen molar-refractivity contribution in [3.05, 3.63) is 101 Å². The summed E-state index contributed by atoms with van der Waals surface area (Å²) in [5, 5.41) is 15.8. The van der Waals surface area contributed by atoms with Crippen molar-refractivity contribution in [2.45, 2.75) is 26.4 Å². The Kier molecular flexibility index (Phi) is 8.03. The second-order valence-corrected chi connectivity index (χ2v) is 10.2. The lowest BCUT2D eigenvalue weighted by Gasteiger charge is -2.14. The average Bonchev–Trinajstić information content (AvgIpc) is 2.88. The van der Waals surface area contributed by atoms with E-state index in [1.165, 1.54) is 23.9 Å². The maximum absolute atomic E-state index is 13.3. The maximum atomic E-state index is 13.3. The van der Waals surface area contributed by atoms with Gasteiger partial charge in [0.2, 0.25) is 0 Å². The molecule has 4 aromatic rings. The molecule has 0 amide bonds. The summed E-state index contributed by atoms with van der Waals surface area (Å²) in [6.45, 7) is 4.10. The fraction of sp³-hybridized carbons (Fsp3) is 0.192. The Labute approximate surface area is 229 Å². The highest BCUT2D eigenvalue weighted by atomic mass is 79.9. The molecule has 11 heteroatoms. The van der Waals surface area contributed by atoms with E-state index in [0.29, 0.717) is 38.3 Å². The van der Waals surface area contributed by atoms with E-state index in [-0.39, 0.29) is 23.8 Å². The smallest absolute Gasteiger partial charge is 0.282 e. The Balaban J connectivity index is 1.64. The van der Waals surface area contributed by atoms with Crippen LogP contribution in [-0.2, 0) is 6.61 Å². The van der Waals surface area contributed by atoms with Crippen molar-refractivity contribution < 1.29 is 14.4 Å². The Morgan fingerprint density at radius 1 is 1.11 bits per heavy atom. The van der Waals surface area contributed by atoms with Gasteiger partial charge >= 0.3 is 0 Å². The number of ether oxygens (including phenoxy) is 2. The van der Waals surface area contributed by atoms with Gasteiger partial charge in [0.05, 0.1) is 29.2 Å². The first-order valence-electron chi connectivity index (χ1n) is 11.2. The van der Waals surface area contributed by atoms with Crippen LogP contribution < -0.4 is 15.0 Å². The molecule has 1 heterocycles. The zero-order valence-corrected chi connectivity index (χ0v) is 23.3. The minimum absolute atomic E-state index is 0.0155. The zero-order valence-electron chi connectivity index (χ0n) is 20.1. The molecule has 37 heavy (non-hydrogen) atoms. The lowest BCUT2D eigenvalue weighted by molar-refractivity contribution is -0.384. The topological polar surface area (TPSA) is 109 Å². The van der Waals surface area contributed by atoms with E-state index in [4.69, 9.17) is 9.47 Å². The van der Waals surface area contributed by atoms with Crippen molar-refractivity contribution >= 4 is 54.7 Å². The molecule has 0 atom stereocenters. The Hall–Kier alpha value is -3.57. The summed E-state index contributed by atoms with van der Waals surface area (Å²) >= 11 is 6.95. The predicted octanol–water partition coefficient (Wildman–Crippen LogP) is 6.42. The average molecular weight is 630 g/mol. The fourth-order valence-electron chi connectivity index (χ4n) is 3.57. The molecule has 0 unspecified atom stereocenters. The van der Waals surface area contributed by atoms with Gasteiger partial charge in [0.1, 0.15) is 12.4 Å². The highest BCUT2D eigenvalue weighted by Gasteiger charge is 2.15. The number of rotatable bonds is 8. The molecule has 0 aliphatic rings. The Morgan fingerprint density at radius 3 is 2.49 bits per heavy atom. The van der Waals surface area contributed by atoms with E-state index in [2.05, 4.69) is 41.9 Å². The molecule has 0 saturated carbocycles. The number of nitrogens with zero attached hydrogens (tertiary/aromatic N) is 4. The third-order valence-corrected chi connectivity index (χ3v) is 6.67. The van der Waals surface area contributed by atoms with Crippen LogP contribution in [0.5, 0.6) is 11.5 Å². The quantitative estimate of drug-likeness (QED) is 0.126. The van der Waals surface area contributed by atoms with Crippen LogP contribution in [0.25, 0.3) is 10.9 Å². The summed E-state index contributed by atoms with van der Waals surface area (Å²) in [4.78, 5) is 28.3. The molecule has 0 saturated heterocycles. The highest BCUT2D eigenvalue weighted by molar-refractivity contribution is 9.10. The first-order chi connectivity index (χ1) is 17.7. The summed E-state index contributed by atoms with van der Waals surface area (Å²) in [5.41, 5.74) is 1.79. The minimum atomic E-state index is -0.448. The largest absolute Gasteiger partial charge is 0.493 e. The van der Waals surface area contributed by atoms with E-state index in [1.54, 1.807) is 42.6 Å². The van der Waals surface area contributed by atoms with Crippen LogP contribution in [0.3, 0.4) is 0 Å². The molecule has 190 valence electrons. The van der Waals surface area contributed by atoms with E-state index in [0.717, 1.165) is 10.0 Å². The van der Waals surface area contributed by atoms with Crippen LogP contribution in [0, 0.1) is 10.1 Å². The molecule has 9 nitrogen and oxygen atoms in total. The van der Waals surface area contributed by atoms with Gasteiger partial charge in [-0.05, 0) is 64.0 Å². The molecule has 0 aliphatic carbocycles. The fourth-order valence-corrected chi connectivity index (χ4v) is 4.35. The number of non-ortho nitro benzene ring substituents is 1. The maximum Gasteiger partial charge on any atom is 0.282 e. The van der Waals surface area contributed by atoms with Crippen molar-refractivity contribution in [3.8, 4) is 11.5 Å². The highest BCUT2D eigenvalue weighted by Crippen LogP contribution is 2.33. The number of halogens is 2. The first kappa shape index (κ1) is 26.5. The van der Waals surface area contributed by atoms with Crippen molar-refractivity contribution in [1.29, 1.82) is 0 Å². The van der Waals surface area contributed by atoms with Crippen LogP contribution in [0.1, 0.15) is 36.7 Å². The van der Waals surface area contributed by atoms with Crippen LogP contribution >= 0.6 is 31.9 Å². The van der Waals surface area contributed by atoms with Gasteiger partial charge in [-0.1, -0.05) is 29.8 Å². The van der Waals surface area contributed by atoms with Crippen molar-refractivity contribution in [2.75, 3.05) is 7.11 Å². The SMILES string of the molecule is COc1cc(C=Nn2c(C(C)C)nc3ccc(Br)cc3c2=O)c(Br)cc1OCc1ccc([N+](=O)[O-])cc1. The predicted molar refractivity (Wildman–Crippen MR) is 149 cm³/mol. The second-order valence-electron chi connectivity index (χ2n) is 8.38. The van der Waals surface area contributed by atoms with E-state index < -0.39 is 4.92 Å². The van der Waals surface area contributed by atoms with Gasteiger partial charge < -0.3 is 9.47 Å². The molecule has 1 aromatic heterocycles. The van der Waals surface area contributed by atoms with Gasteiger partial charge in [-0.2, -0.15) is 9.78 Å². The van der Waals surface area contributed by atoms with Crippen LogP contribution in [0.4, 0.5) is 5.69 Å². The minimum Gasteiger partial charge on any atom is -0.493 e. The molecular formula is C26H22Br2N4O5. The second kappa shape index (κ2) is 11.2. The van der Waals surface area contributed by atoms with Gasteiger partial charge in [-0.15, -0.1) is 0 Å². The number of methoxy groups -OCH3 is 1. The van der Waals surface area contributed by atoms with Gasteiger partial charge in [-0.3, -0.25) is 14.9 Å². The van der Waals surface area contributed by atoms with Gasteiger partial charge in [-0.25, -0.2) is 4.98 Å². The van der Waals surface area contributed by atoms with Crippen LogP contribution in [0.15, 0.2) is 73.4 Å². The molecule has 0 fully saturated rings. The van der Waals surface area contributed by atoms with Gasteiger partial charge in [0, 0.05) is 32.6 Å². The number of aromatic nitrogens is 2. The van der Waals surface area contributed by atoms with Gasteiger partial charge in [0.25, 0.3) is 11.2 Å². The van der Waals surface area contributed by atoms with Crippen molar-refractivity contribution in [2.24, 2.45) is 5.10 Å². The summed E-state index contributed by atoms with van der Waals surface area (Å²) in [7, 11) is 1.52. The van der Waals surface area contributed by atoms with Crippen molar-refractivity contribution in [3.63, 3.8) is 0 Å². The van der Waals surface area contributed by atoms with E-state index in [1.807, 2.05) is 19.9 Å². The number of fused-ring (bicyclic) bond motifs is 1. The molecular weight excluding hydrogens is 608 g/mol. The molecule has 0 aliphatic heterocycles. The summed E-state index contributed by atoms with van der Waals surface area (Å²) < 4.78 is 14.2. The monoisotopic (exact) mass is 628 g/mol. The summed E-state index contributed by atoms with van der Waals surface area (Å²) in [6.07, 6.45) is 1.56. The molecule has 0 N–H and O–H groups in total. The molecule has 4 rings (SSSR count). The molecule has 3 aromatic carbocycles. The van der Waals surface area contributed by atoms with Gasteiger partial charge in [0.15, 0.2) is 11.5 Å². The number of benzene rings is 3. The third-order valence-electron chi connectivity index (χ3n) is 5.49. The van der Waals surface area contributed by atoms with E-state index >= 15 is 0 Å². The Bertz CT molecular complexity index is 1570. The van der Waals surface area contributed by atoms with E-state index in [9.17, 15) is 14.9 Å². The number of nitro groups is 1. The third kappa shape index (κ3) is 5.89. The lowest BCUT2D eigenvalue weighted by atomic mass is 10.2. The first-order valence-corrected chi connectivity index (χ1v) is 12.8. The number of hydrogen-bond donors (Lipinski definition) is 0. The number of hydrogen-bond acceptors (Lipinski definition) is 7. The molecule has 0 bridgehead atoms. The molecule has 0 radical (unpaired) electrons. The zero-order chi connectivity index (χ0) is 26.7. The lowest BCUT2D eigenvalue weighted by Crippen LogP contribution is -2.23. The molecule has 0 spiro atoms. The summed E-state index contributed by atoms with van der Waals surface area (Å²) in [6, 6.07) is 15.0. The van der Waals surface area contributed by atoms with Crippen LogP contribution in [0.2, 0.25) is 0 Å². The number of nitro benzene ring substituents is 1. The standard InChI is InChI=1S/C26H22Br2N4O5/c1-15(2)25-30-22-9-6-18(27)11-20(22)26(33)31(25)29-13-17-10-23(36-3)24(12-21(17)28)37-14-16-4-7-19(8-5-16)32(34)35/h4-13,15H,14H2,1-3H3.